The van der Waals surface area contributed by atoms with Crippen LogP contribution in [-0.2, 0) is 11.2 Å². The van der Waals surface area contributed by atoms with Crippen molar-refractivity contribution in [2.75, 3.05) is 13.1 Å². The van der Waals surface area contributed by atoms with E-state index in [0.29, 0.717) is 18.0 Å². The molecule has 0 saturated carbocycles. The van der Waals surface area contributed by atoms with Gasteiger partial charge in [0.2, 0.25) is 0 Å². The van der Waals surface area contributed by atoms with Crippen LogP contribution in [0.25, 0.3) is 0 Å². The molecule has 0 spiro atoms. The summed E-state index contributed by atoms with van der Waals surface area (Å²) in [5.41, 5.74) is -0.355. The Morgan fingerprint density at radius 1 is 1.15 bits per heavy atom. The summed E-state index contributed by atoms with van der Waals surface area (Å²) in [7, 11) is 0. The largest absolute Gasteiger partial charge is 0.444 e. The van der Waals surface area contributed by atoms with Crippen LogP contribution >= 0.6 is 0 Å². The normalized spacial score (nSPS) is 14.2. The molecule has 0 heterocycles. The first-order valence-corrected chi connectivity index (χ1v) is 8.79. The highest BCUT2D eigenvalue weighted by atomic mass is 19.1. The highest BCUT2D eigenvalue weighted by Gasteiger charge is 2.25. The van der Waals surface area contributed by atoms with E-state index in [1.165, 1.54) is 12.1 Å². The molecule has 1 aromatic carbocycles. The molecule has 2 atom stereocenters. The van der Waals surface area contributed by atoms with Crippen LogP contribution in [0.15, 0.2) is 18.2 Å². The molecular weight excluding hydrogens is 342 g/mol. The van der Waals surface area contributed by atoms with Crippen molar-refractivity contribution >= 4 is 6.09 Å². The Labute approximate surface area is 154 Å². The van der Waals surface area contributed by atoms with Crippen molar-refractivity contribution in [2.24, 2.45) is 5.92 Å². The highest BCUT2D eigenvalue weighted by Crippen LogP contribution is 2.13. The first-order chi connectivity index (χ1) is 12.0. The third-order valence-electron chi connectivity index (χ3n) is 3.45. The second-order valence-electron chi connectivity index (χ2n) is 7.85. The van der Waals surface area contributed by atoms with Crippen molar-refractivity contribution in [2.45, 2.75) is 58.8 Å². The van der Waals surface area contributed by atoms with Gasteiger partial charge < -0.3 is 20.5 Å². The Morgan fingerprint density at radius 3 is 2.23 bits per heavy atom. The van der Waals surface area contributed by atoms with Crippen molar-refractivity contribution in [1.82, 2.24) is 10.6 Å². The molecule has 1 amide bonds. The molecule has 148 valence electrons. The fourth-order valence-corrected chi connectivity index (χ4v) is 2.39. The molecule has 0 unspecified atom stereocenters. The molecule has 7 heteroatoms. The summed E-state index contributed by atoms with van der Waals surface area (Å²) in [6.07, 6.45) is -1.58. The molecule has 0 radical (unpaired) electrons. The first-order valence-electron chi connectivity index (χ1n) is 8.79. The van der Waals surface area contributed by atoms with E-state index in [-0.39, 0.29) is 13.0 Å². The van der Waals surface area contributed by atoms with E-state index < -0.39 is 35.5 Å². The number of benzene rings is 1. The molecule has 5 nitrogen and oxygen atoms in total. The Balaban J connectivity index is 2.84. The summed E-state index contributed by atoms with van der Waals surface area (Å²) in [5, 5.41) is 16.2. The van der Waals surface area contributed by atoms with Gasteiger partial charge in [0.15, 0.2) is 0 Å². The van der Waals surface area contributed by atoms with Crippen LogP contribution in [0.5, 0.6) is 0 Å². The molecule has 0 aliphatic rings. The van der Waals surface area contributed by atoms with Gasteiger partial charge in [-0.3, -0.25) is 0 Å². The SMILES string of the molecule is CC(C)CNC[C@@H](O)[C@H](Cc1cc(F)cc(F)c1)NC(=O)OC(C)(C)C. The van der Waals surface area contributed by atoms with Crippen LogP contribution in [-0.4, -0.2) is 42.0 Å². The fourth-order valence-electron chi connectivity index (χ4n) is 2.39. The topological polar surface area (TPSA) is 70.6 Å². The molecule has 26 heavy (non-hydrogen) atoms. The number of rotatable bonds is 8. The van der Waals surface area contributed by atoms with Crippen molar-refractivity contribution < 1.29 is 23.4 Å². The summed E-state index contributed by atoms with van der Waals surface area (Å²) in [6, 6.07) is 2.38. The number of halogens is 2. The van der Waals surface area contributed by atoms with Gasteiger partial charge in [0.1, 0.15) is 17.2 Å². The molecule has 0 saturated heterocycles. The van der Waals surface area contributed by atoms with Crippen LogP contribution in [0.1, 0.15) is 40.2 Å². The third-order valence-corrected chi connectivity index (χ3v) is 3.45. The summed E-state index contributed by atoms with van der Waals surface area (Å²) < 4.78 is 32.1. The third kappa shape index (κ3) is 9.10. The van der Waals surface area contributed by atoms with Gasteiger partial charge in [-0.2, -0.15) is 0 Å². The lowest BCUT2D eigenvalue weighted by Gasteiger charge is -2.27. The maximum absolute atomic E-state index is 13.4. The van der Waals surface area contributed by atoms with E-state index in [2.05, 4.69) is 10.6 Å². The number of aliphatic hydroxyl groups excluding tert-OH is 1. The minimum Gasteiger partial charge on any atom is -0.444 e. The minimum atomic E-state index is -0.951. The van der Waals surface area contributed by atoms with Gasteiger partial charge in [-0.1, -0.05) is 13.8 Å². The molecule has 1 rings (SSSR count). The number of alkyl carbamates (subject to hydrolysis) is 1. The predicted molar refractivity (Wildman–Crippen MR) is 96.9 cm³/mol. The standard InChI is InChI=1S/C19H30F2N2O3/c1-12(2)10-22-11-17(24)16(23-18(25)26-19(3,4)5)8-13-6-14(20)9-15(21)7-13/h6-7,9,12,16-17,22,24H,8,10-11H2,1-5H3,(H,23,25)/t16-,17+/m0/s1. The maximum atomic E-state index is 13.4. The summed E-state index contributed by atoms with van der Waals surface area (Å²) >= 11 is 0. The van der Waals surface area contributed by atoms with Gasteiger partial charge in [-0.25, -0.2) is 13.6 Å². The zero-order valence-electron chi connectivity index (χ0n) is 16.1. The highest BCUT2D eigenvalue weighted by molar-refractivity contribution is 5.68. The van der Waals surface area contributed by atoms with E-state index in [1.54, 1.807) is 20.8 Å². The lowest BCUT2D eigenvalue weighted by Crippen LogP contribution is -2.50. The predicted octanol–water partition coefficient (Wildman–Crippen LogP) is 3.01. The van der Waals surface area contributed by atoms with Crippen LogP contribution in [0.3, 0.4) is 0 Å². The van der Waals surface area contributed by atoms with Crippen LogP contribution in [0.2, 0.25) is 0 Å². The van der Waals surface area contributed by atoms with Crippen LogP contribution < -0.4 is 10.6 Å². The molecule has 0 aromatic heterocycles. The average Bonchev–Trinajstić information content (AvgIpc) is 2.42. The van der Waals surface area contributed by atoms with Gasteiger partial charge in [0.05, 0.1) is 12.1 Å². The molecule has 0 aliphatic heterocycles. The number of amides is 1. The number of nitrogens with one attached hydrogen (secondary N) is 2. The van der Waals surface area contributed by atoms with Gasteiger partial charge in [0, 0.05) is 12.6 Å². The van der Waals surface area contributed by atoms with Crippen molar-refractivity contribution in [3.05, 3.63) is 35.4 Å². The fraction of sp³-hybridized carbons (Fsp3) is 0.632. The van der Waals surface area contributed by atoms with E-state index in [9.17, 15) is 18.7 Å². The number of aliphatic hydroxyl groups is 1. The van der Waals surface area contributed by atoms with Crippen molar-refractivity contribution in [3.63, 3.8) is 0 Å². The molecular formula is C19H30F2N2O3. The van der Waals surface area contributed by atoms with Gasteiger partial charge in [-0.05, 0) is 57.4 Å². The van der Waals surface area contributed by atoms with Gasteiger partial charge >= 0.3 is 6.09 Å². The maximum Gasteiger partial charge on any atom is 0.407 e. The quantitative estimate of drug-likeness (QED) is 0.656. The smallest absolute Gasteiger partial charge is 0.407 e. The second kappa shape index (κ2) is 9.83. The Morgan fingerprint density at radius 2 is 1.73 bits per heavy atom. The monoisotopic (exact) mass is 372 g/mol. The van der Waals surface area contributed by atoms with Crippen LogP contribution in [0.4, 0.5) is 13.6 Å². The average molecular weight is 372 g/mol. The molecule has 1 aromatic rings. The van der Waals surface area contributed by atoms with Gasteiger partial charge in [0.25, 0.3) is 0 Å². The Bertz CT molecular complexity index is 568. The Kier molecular flexibility index (Phi) is 8.43. The van der Waals surface area contributed by atoms with E-state index in [1.807, 2.05) is 13.8 Å². The minimum absolute atomic E-state index is 0.0679. The lowest BCUT2D eigenvalue weighted by atomic mass is 10.0. The van der Waals surface area contributed by atoms with E-state index in [4.69, 9.17) is 4.74 Å². The number of ether oxygens (including phenoxy) is 1. The number of hydrogen-bond donors (Lipinski definition) is 3. The van der Waals surface area contributed by atoms with Crippen molar-refractivity contribution in [3.8, 4) is 0 Å². The molecule has 3 N–H and O–H groups in total. The lowest BCUT2D eigenvalue weighted by molar-refractivity contribution is 0.0422. The molecule has 0 aliphatic carbocycles. The zero-order valence-corrected chi connectivity index (χ0v) is 16.1. The summed E-state index contributed by atoms with van der Waals surface area (Å²) in [4.78, 5) is 12.1. The van der Waals surface area contributed by atoms with Crippen molar-refractivity contribution in [1.29, 1.82) is 0 Å². The van der Waals surface area contributed by atoms with Gasteiger partial charge in [-0.15, -0.1) is 0 Å². The molecule has 0 fully saturated rings. The van der Waals surface area contributed by atoms with E-state index in [0.717, 1.165) is 6.07 Å². The number of carbonyl (C=O) groups excluding carboxylic acids is 1. The Hall–Kier alpha value is -1.73. The second-order valence-corrected chi connectivity index (χ2v) is 7.85. The first kappa shape index (κ1) is 22.3. The summed E-state index contributed by atoms with van der Waals surface area (Å²) in [6.45, 7) is 10.2. The number of hydrogen-bond acceptors (Lipinski definition) is 4. The number of carbonyl (C=O) groups is 1. The molecule has 0 bridgehead atoms. The van der Waals surface area contributed by atoms with E-state index >= 15 is 0 Å². The summed E-state index contributed by atoms with van der Waals surface area (Å²) in [5.74, 6) is -1.01. The zero-order chi connectivity index (χ0) is 19.9. The van der Waals surface area contributed by atoms with Crippen LogP contribution in [0, 0.1) is 17.6 Å².